The number of methoxy groups -OCH3 is 1. The van der Waals surface area contributed by atoms with Gasteiger partial charge in [-0.05, 0) is 104 Å². The fraction of sp³-hybridized carbons (Fsp3) is 0.387. The lowest BCUT2D eigenvalue weighted by Crippen LogP contribution is -2.48. The molecule has 3 aromatic carbocycles. The van der Waals surface area contributed by atoms with Crippen molar-refractivity contribution in [2.75, 3.05) is 23.3 Å². The van der Waals surface area contributed by atoms with E-state index < -0.39 is 15.9 Å². The lowest BCUT2D eigenvalue weighted by Gasteiger charge is -2.57. The van der Waals surface area contributed by atoms with E-state index >= 15 is 0 Å². The Morgan fingerprint density at radius 2 is 1.45 bits per heavy atom. The van der Waals surface area contributed by atoms with Gasteiger partial charge in [-0.2, -0.15) is 0 Å². The lowest BCUT2D eigenvalue weighted by atomic mass is 9.48. The number of carbonyl (C=O) groups is 1. The number of anilines is 2. The van der Waals surface area contributed by atoms with Gasteiger partial charge < -0.3 is 10.1 Å². The first-order valence-electron chi connectivity index (χ1n) is 13.5. The van der Waals surface area contributed by atoms with Crippen LogP contribution in [0.3, 0.4) is 0 Å². The Bertz CT molecular complexity index is 1380. The lowest BCUT2D eigenvalue weighted by molar-refractivity contribution is -0.114. The molecule has 6 nitrogen and oxygen atoms in total. The standard InChI is InChI=1S/C31H34N2O4S/c1-37-29-10-6-5-9-28(29)33(38(35,36)27-7-3-2-4-8-27)21-30(34)32-26-13-11-25(12-14-26)31-18-22-15-23(19-31)17-24(16-22)20-31/h2-14,22-24H,15-21H2,1H3,(H,32,34). The van der Waals surface area contributed by atoms with Gasteiger partial charge in [0.2, 0.25) is 5.91 Å². The molecule has 0 atom stereocenters. The van der Waals surface area contributed by atoms with E-state index in [0.717, 1.165) is 22.1 Å². The van der Waals surface area contributed by atoms with Gasteiger partial charge >= 0.3 is 0 Å². The SMILES string of the molecule is COc1ccccc1N(CC(=O)Nc1ccc(C23CC4CC(CC(C4)C2)C3)cc1)S(=O)(=O)c1ccccc1. The smallest absolute Gasteiger partial charge is 0.264 e. The number of ether oxygens (including phenoxy) is 1. The van der Waals surface area contributed by atoms with E-state index in [1.54, 1.807) is 42.5 Å². The van der Waals surface area contributed by atoms with Crippen LogP contribution in [0.5, 0.6) is 5.75 Å². The largest absolute Gasteiger partial charge is 0.495 e. The van der Waals surface area contributed by atoms with Crippen LogP contribution in [0, 0.1) is 17.8 Å². The average Bonchev–Trinajstić information content (AvgIpc) is 2.92. The molecule has 198 valence electrons. The number of para-hydroxylation sites is 2. The molecule has 3 aromatic rings. The first-order chi connectivity index (χ1) is 18.4. The number of sulfonamides is 1. The summed E-state index contributed by atoms with van der Waals surface area (Å²) in [6.07, 6.45) is 8.08. The molecule has 4 aliphatic carbocycles. The van der Waals surface area contributed by atoms with Crippen molar-refractivity contribution >= 4 is 27.3 Å². The highest BCUT2D eigenvalue weighted by Crippen LogP contribution is 2.60. The fourth-order valence-electron chi connectivity index (χ4n) is 7.56. The first-order valence-corrected chi connectivity index (χ1v) is 14.9. The zero-order valence-electron chi connectivity index (χ0n) is 21.7. The van der Waals surface area contributed by atoms with Crippen molar-refractivity contribution in [2.24, 2.45) is 17.8 Å². The molecule has 1 N–H and O–H groups in total. The van der Waals surface area contributed by atoms with Crippen LogP contribution in [0.25, 0.3) is 0 Å². The third-order valence-electron chi connectivity index (χ3n) is 8.79. The number of amides is 1. The molecule has 7 heteroatoms. The van der Waals surface area contributed by atoms with Crippen LogP contribution in [-0.2, 0) is 20.2 Å². The van der Waals surface area contributed by atoms with Gasteiger partial charge in [-0.3, -0.25) is 9.10 Å². The van der Waals surface area contributed by atoms with Crippen molar-refractivity contribution in [3.8, 4) is 5.75 Å². The molecule has 7 rings (SSSR count). The summed E-state index contributed by atoms with van der Waals surface area (Å²) in [6, 6.07) is 23.2. The average molecular weight is 531 g/mol. The predicted octanol–water partition coefficient (Wildman–Crippen LogP) is 6.00. The summed E-state index contributed by atoms with van der Waals surface area (Å²) < 4.78 is 33.8. The van der Waals surface area contributed by atoms with Crippen LogP contribution in [0.1, 0.15) is 44.1 Å². The summed E-state index contributed by atoms with van der Waals surface area (Å²) in [4.78, 5) is 13.3. The summed E-state index contributed by atoms with van der Waals surface area (Å²) >= 11 is 0. The van der Waals surface area contributed by atoms with Crippen molar-refractivity contribution < 1.29 is 17.9 Å². The van der Waals surface area contributed by atoms with Crippen molar-refractivity contribution in [1.82, 2.24) is 0 Å². The zero-order valence-corrected chi connectivity index (χ0v) is 22.5. The van der Waals surface area contributed by atoms with E-state index in [-0.39, 0.29) is 11.4 Å². The Balaban J connectivity index is 1.22. The van der Waals surface area contributed by atoms with Gasteiger partial charge in [-0.25, -0.2) is 8.42 Å². The van der Waals surface area contributed by atoms with Crippen LogP contribution < -0.4 is 14.4 Å². The minimum atomic E-state index is -4.01. The molecule has 0 radical (unpaired) electrons. The van der Waals surface area contributed by atoms with Crippen molar-refractivity contribution in [3.63, 3.8) is 0 Å². The van der Waals surface area contributed by atoms with Crippen LogP contribution in [0.15, 0.2) is 83.8 Å². The number of hydrogen-bond donors (Lipinski definition) is 1. The summed E-state index contributed by atoms with van der Waals surface area (Å²) in [5.41, 5.74) is 2.66. The Hall–Kier alpha value is -3.32. The van der Waals surface area contributed by atoms with Crippen molar-refractivity contribution in [1.29, 1.82) is 0 Å². The predicted molar refractivity (Wildman–Crippen MR) is 149 cm³/mol. The van der Waals surface area contributed by atoms with E-state index in [9.17, 15) is 13.2 Å². The van der Waals surface area contributed by atoms with E-state index in [1.165, 1.54) is 63.3 Å². The summed E-state index contributed by atoms with van der Waals surface area (Å²) in [6.45, 7) is -0.381. The Labute approximate surface area is 225 Å². The van der Waals surface area contributed by atoms with Crippen molar-refractivity contribution in [3.05, 3.63) is 84.4 Å². The summed E-state index contributed by atoms with van der Waals surface area (Å²) in [5, 5.41) is 2.92. The van der Waals surface area contributed by atoms with Crippen LogP contribution in [0.2, 0.25) is 0 Å². The normalized spacial score (nSPS) is 25.7. The molecule has 0 unspecified atom stereocenters. The van der Waals surface area contributed by atoms with Gasteiger partial charge in [0.05, 0.1) is 17.7 Å². The molecule has 0 aliphatic heterocycles. The molecule has 4 saturated carbocycles. The van der Waals surface area contributed by atoms with Gasteiger partial charge in [0.15, 0.2) is 0 Å². The highest BCUT2D eigenvalue weighted by molar-refractivity contribution is 7.92. The third-order valence-corrected chi connectivity index (χ3v) is 10.6. The summed E-state index contributed by atoms with van der Waals surface area (Å²) in [5.74, 6) is 2.56. The Morgan fingerprint density at radius 3 is 2.05 bits per heavy atom. The molecule has 1 amide bonds. The van der Waals surface area contributed by atoms with E-state index in [2.05, 4.69) is 17.4 Å². The van der Waals surface area contributed by atoms with E-state index in [0.29, 0.717) is 22.5 Å². The second-order valence-electron chi connectivity index (χ2n) is 11.3. The van der Waals surface area contributed by atoms with Gasteiger partial charge in [0, 0.05) is 5.69 Å². The van der Waals surface area contributed by atoms with E-state index in [1.807, 2.05) is 12.1 Å². The second kappa shape index (κ2) is 9.77. The molecular weight excluding hydrogens is 496 g/mol. The maximum absolute atomic E-state index is 13.6. The number of nitrogens with one attached hydrogen (secondary N) is 1. The number of carbonyl (C=O) groups excluding carboxylic acids is 1. The Morgan fingerprint density at radius 1 is 0.868 bits per heavy atom. The number of hydrogen-bond acceptors (Lipinski definition) is 4. The molecule has 4 fully saturated rings. The highest BCUT2D eigenvalue weighted by Gasteiger charge is 2.51. The summed E-state index contributed by atoms with van der Waals surface area (Å²) in [7, 11) is -2.53. The van der Waals surface area contributed by atoms with Gasteiger partial charge in [0.25, 0.3) is 10.0 Å². The number of benzene rings is 3. The van der Waals surface area contributed by atoms with Gasteiger partial charge in [-0.1, -0.05) is 42.5 Å². The van der Waals surface area contributed by atoms with Crippen LogP contribution in [0.4, 0.5) is 11.4 Å². The molecule has 38 heavy (non-hydrogen) atoms. The zero-order chi connectivity index (χ0) is 26.3. The van der Waals surface area contributed by atoms with Gasteiger partial charge in [0.1, 0.15) is 12.3 Å². The van der Waals surface area contributed by atoms with Crippen molar-refractivity contribution in [2.45, 2.75) is 48.8 Å². The third kappa shape index (κ3) is 4.57. The molecule has 0 aromatic heterocycles. The van der Waals surface area contributed by atoms with Crippen LogP contribution in [-0.4, -0.2) is 28.0 Å². The number of nitrogens with zero attached hydrogens (tertiary/aromatic N) is 1. The molecule has 0 heterocycles. The second-order valence-corrected chi connectivity index (χ2v) is 13.2. The molecular formula is C31H34N2O4S. The Kier molecular flexibility index (Phi) is 6.42. The monoisotopic (exact) mass is 530 g/mol. The maximum Gasteiger partial charge on any atom is 0.264 e. The maximum atomic E-state index is 13.6. The topological polar surface area (TPSA) is 75.7 Å². The molecule has 4 bridgehead atoms. The fourth-order valence-corrected chi connectivity index (χ4v) is 9.01. The quantitative estimate of drug-likeness (QED) is 0.388. The van der Waals surface area contributed by atoms with Crippen LogP contribution >= 0.6 is 0 Å². The first kappa shape index (κ1) is 25.0. The minimum Gasteiger partial charge on any atom is -0.495 e. The minimum absolute atomic E-state index is 0.110. The molecule has 0 saturated heterocycles. The molecule has 0 spiro atoms. The number of rotatable bonds is 8. The molecule has 4 aliphatic rings. The van der Waals surface area contributed by atoms with E-state index in [4.69, 9.17) is 4.74 Å². The highest BCUT2D eigenvalue weighted by atomic mass is 32.2. The van der Waals surface area contributed by atoms with Gasteiger partial charge in [-0.15, -0.1) is 0 Å².